The lowest BCUT2D eigenvalue weighted by atomic mass is 9.96. The molecule has 5 heterocycles. The van der Waals surface area contributed by atoms with Gasteiger partial charge in [0.1, 0.15) is 11.3 Å². The summed E-state index contributed by atoms with van der Waals surface area (Å²) in [6, 6.07) is 61.9. The van der Waals surface area contributed by atoms with Crippen molar-refractivity contribution < 1.29 is 4.42 Å². The van der Waals surface area contributed by atoms with E-state index in [4.69, 9.17) is 9.41 Å². The summed E-state index contributed by atoms with van der Waals surface area (Å²) in [7, 11) is 0. The molecule has 1 aliphatic heterocycles. The van der Waals surface area contributed by atoms with Crippen molar-refractivity contribution in [1.29, 1.82) is 0 Å². The van der Waals surface area contributed by atoms with Crippen LogP contribution in [0.3, 0.4) is 0 Å². The van der Waals surface area contributed by atoms with Crippen molar-refractivity contribution in [1.82, 2.24) is 8.97 Å². The molecule has 0 spiro atoms. The van der Waals surface area contributed by atoms with Gasteiger partial charge in [0.05, 0.1) is 33.3 Å². The predicted octanol–water partition coefficient (Wildman–Crippen LogP) is 14.0. The number of hydrogen-bond acceptors (Lipinski definition) is 2. The molecule has 0 bridgehead atoms. The molecule has 1 saturated carbocycles. The first kappa shape index (κ1) is 30.7. The molecule has 2 unspecified atom stereocenters. The smallest absolute Gasteiger partial charge is 0.161 e. The van der Waals surface area contributed by atoms with Crippen LogP contribution >= 0.6 is 0 Å². The van der Waals surface area contributed by atoms with Gasteiger partial charge in [-0.05, 0) is 71.3 Å². The van der Waals surface area contributed by atoms with E-state index in [9.17, 15) is 0 Å². The third kappa shape index (κ3) is 4.01. The van der Waals surface area contributed by atoms with Gasteiger partial charge in [0.15, 0.2) is 5.76 Å². The highest BCUT2D eigenvalue weighted by molar-refractivity contribution is 6.35. The minimum atomic E-state index is 0.382. The van der Waals surface area contributed by atoms with Gasteiger partial charge in [-0.1, -0.05) is 133 Å². The van der Waals surface area contributed by atoms with Crippen LogP contribution in [-0.2, 0) is 0 Å². The SMILES string of the molecule is C1=C(/c2ccc(-n3c4c5ccccc5ccc4c4cc5c6ccccc6n6c7ccccc7c(c43)c56)cc2)c2oc3ccccc3c2/N=C(/c2ccccc2)C2CC/12. The zero-order valence-corrected chi connectivity index (χ0v) is 31.4. The summed E-state index contributed by atoms with van der Waals surface area (Å²) in [5, 5.41) is 11.2. The Hall–Kier alpha value is -7.43. The Labute approximate surface area is 332 Å². The molecule has 0 saturated heterocycles. The Kier molecular flexibility index (Phi) is 5.89. The second-order valence-electron chi connectivity index (χ2n) is 16.2. The molecular formula is C54H33N3O. The van der Waals surface area contributed by atoms with Gasteiger partial charge in [-0.15, -0.1) is 0 Å². The minimum absolute atomic E-state index is 0.382. The molecule has 0 radical (unpaired) electrons. The second-order valence-corrected chi connectivity index (χ2v) is 16.2. The van der Waals surface area contributed by atoms with E-state index >= 15 is 0 Å². The molecule has 8 aromatic carbocycles. The Balaban J connectivity index is 1.04. The summed E-state index contributed by atoms with van der Waals surface area (Å²) in [4.78, 5) is 5.47. The van der Waals surface area contributed by atoms with Gasteiger partial charge in [0, 0.05) is 60.3 Å². The molecule has 0 N–H and O–H groups in total. The van der Waals surface area contributed by atoms with Crippen LogP contribution in [0.15, 0.2) is 185 Å². The lowest BCUT2D eigenvalue weighted by Crippen LogP contribution is -2.06. The Bertz CT molecular complexity index is 3760. The van der Waals surface area contributed by atoms with Crippen molar-refractivity contribution >= 4 is 98.6 Å². The summed E-state index contributed by atoms with van der Waals surface area (Å²) in [5.41, 5.74) is 13.8. The number of hydrogen-bond donors (Lipinski definition) is 0. The first-order valence-corrected chi connectivity index (χ1v) is 20.3. The summed E-state index contributed by atoms with van der Waals surface area (Å²) in [5.74, 6) is 1.63. The highest BCUT2D eigenvalue weighted by Crippen LogP contribution is 2.52. The maximum atomic E-state index is 6.76. The Morgan fingerprint density at radius 1 is 0.517 bits per heavy atom. The van der Waals surface area contributed by atoms with Gasteiger partial charge in [-0.25, -0.2) is 4.99 Å². The average Bonchev–Trinajstić information content (AvgIpc) is 3.52. The summed E-state index contributed by atoms with van der Waals surface area (Å²) >= 11 is 0. The van der Waals surface area contributed by atoms with E-state index in [0.29, 0.717) is 11.8 Å². The molecule has 14 rings (SSSR count). The predicted molar refractivity (Wildman–Crippen MR) is 240 cm³/mol. The van der Waals surface area contributed by atoms with E-state index < -0.39 is 0 Å². The van der Waals surface area contributed by atoms with E-state index in [2.05, 4.69) is 179 Å². The topological polar surface area (TPSA) is 34.8 Å². The Morgan fingerprint density at radius 2 is 1.21 bits per heavy atom. The van der Waals surface area contributed by atoms with Gasteiger partial charge in [-0.3, -0.25) is 0 Å². The Morgan fingerprint density at radius 3 is 2.05 bits per heavy atom. The van der Waals surface area contributed by atoms with Crippen molar-refractivity contribution in [3.8, 4) is 5.69 Å². The van der Waals surface area contributed by atoms with Gasteiger partial charge in [0.2, 0.25) is 0 Å². The zero-order valence-electron chi connectivity index (χ0n) is 31.4. The van der Waals surface area contributed by atoms with Crippen molar-refractivity contribution in [2.45, 2.75) is 6.42 Å². The van der Waals surface area contributed by atoms with Gasteiger partial charge in [-0.2, -0.15) is 0 Å². The maximum absolute atomic E-state index is 6.76. The van der Waals surface area contributed by atoms with Crippen molar-refractivity contribution in [3.05, 3.63) is 193 Å². The van der Waals surface area contributed by atoms with E-state index in [1.165, 1.54) is 76.2 Å². The number of fused-ring (bicyclic) bond motifs is 16. The fraction of sp³-hybridized carbons (Fsp3) is 0.0556. The molecule has 12 aromatic rings. The highest BCUT2D eigenvalue weighted by Gasteiger charge is 2.42. The van der Waals surface area contributed by atoms with Crippen LogP contribution in [0.2, 0.25) is 0 Å². The van der Waals surface area contributed by atoms with E-state index in [1.807, 2.05) is 6.07 Å². The molecule has 0 amide bonds. The number of rotatable bonds is 3. The number of aromatic nitrogens is 2. The number of allylic oxidation sites excluding steroid dienone is 1. The lowest BCUT2D eigenvalue weighted by molar-refractivity contribution is 0.600. The van der Waals surface area contributed by atoms with Crippen molar-refractivity contribution in [2.75, 3.05) is 0 Å². The first-order valence-electron chi connectivity index (χ1n) is 20.3. The zero-order chi connectivity index (χ0) is 37.6. The fourth-order valence-electron chi connectivity index (χ4n) is 10.5. The van der Waals surface area contributed by atoms with E-state index in [-0.39, 0.29) is 0 Å². The van der Waals surface area contributed by atoms with Crippen LogP contribution < -0.4 is 0 Å². The molecule has 2 atom stereocenters. The molecule has 58 heavy (non-hydrogen) atoms. The standard InChI is InChI=1S/C54H33N3O/c1-2-13-33(14-3-1)49-41-28-34(41)29-42(54-50(55-49)40-18-8-11-21-47(40)58-54)32-22-25-35(26-23-32)56-51-36-15-5-4-12-31(36)24-27-38(51)44-30-43-37-16-6-9-19-45(37)57-46-20-10-7-17-39(46)48(52(44)56)53(43)57/h1-27,29-30,34,41H,28H2/b42-29-,55-49-. The summed E-state index contributed by atoms with van der Waals surface area (Å²) in [6.07, 6.45) is 3.54. The minimum Gasteiger partial charge on any atom is -0.454 e. The second kappa shape index (κ2) is 11.1. The third-order valence-electron chi connectivity index (χ3n) is 13.1. The number of nitrogens with zero attached hydrogens (tertiary/aromatic N) is 3. The van der Waals surface area contributed by atoms with Crippen LogP contribution in [0.25, 0.3) is 92.9 Å². The molecule has 4 heteroatoms. The first-order chi connectivity index (χ1) is 28.8. The van der Waals surface area contributed by atoms with Crippen LogP contribution in [0.1, 0.15) is 23.3 Å². The molecule has 1 fully saturated rings. The molecular weight excluding hydrogens is 707 g/mol. The largest absolute Gasteiger partial charge is 0.454 e. The highest BCUT2D eigenvalue weighted by atomic mass is 16.3. The van der Waals surface area contributed by atoms with Gasteiger partial charge < -0.3 is 13.4 Å². The lowest BCUT2D eigenvalue weighted by Gasteiger charge is -2.14. The molecule has 270 valence electrons. The van der Waals surface area contributed by atoms with E-state index in [0.717, 1.165) is 51.4 Å². The maximum Gasteiger partial charge on any atom is 0.161 e. The van der Waals surface area contributed by atoms with Gasteiger partial charge in [0.25, 0.3) is 0 Å². The molecule has 2 aliphatic rings. The molecule has 4 aromatic heterocycles. The number of benzene rings is 8. The van der Waals surface area contributed by atoms with E-state index in [1.54, 1.807) is 0 Å². The number of furan rings is 1. The van der Waals surface area contributed by atoms with Crippen LogP contribution in [0, 0.1) is 11.8 Å². The van der Waals surface area contributed by atoms with Crippen molar-refractivity contribution in [3.63, 3.8) is 0 Å². The monoisotopic (exact) mass is 739 g/mol. The number of para-hydroxylation sites is 3. The van der Waals surface area contributed by atoms with Gasteiger partial charge >= 0.3 is 0 Å². The van der Waals surface area contributed by atoms with Crippen LogP contribution in [-0.4, -0.2) is 14.7 Å². The van der Waals surface area contributed by atoms with Crippen molar-refractivity contribution in [2.24, 2.45) is 16.8 Å². The van der Waals surface area contributed by atoms with Crippen LogP contribution in [0.4, 0.5) is 5.69 Å². The third-order valence-corrected chi connectivity index (χ3v) is 13.1. The normalized spacial score (nSPS) is 18.6. The summed E-state index contributed by atoms with van der Waals surface area (Å²) < 4.78 is 11.8. The fourth-order valence-corrected chi connectivity index (χ4v) is 10.5. The number of aliphatic imine (C=N–C) groups is 1. The quantitative estimate of drug-likeness (QED) is 0.178. The summed E-state index contributed by atoms with van der Waals surface area (Å²) in [6.45, 7) is 0. The average molecular weight is 740 g/mol. The molecule has 1 aliphatic carbocycles. The van der Waals surface area contributed by atoms with Crippen LogP contribution in [0.5, 0.6) is 0 Å². The molecule has 4 nitrogen and oxygen atoms in total.